The molecule has 4 heterocycles. The zero-order valence-electron chi connectivity index (χ0n) is 17.2. The van der Waals surface area contributed by atoms with Crippen molar-refractivity contribution in [3.63, 3.8) is 0 Å². The lowest BCUT2D eigenvalue weighted by Crippen LogP contribution is -2.36. The predicted octanol–water partition coefficient (Wildman–Crippen LogP) is 2.45. The van der Waals surface area contributed by atoms with Crippen molar-refractivity contribution >= 4 is 5.91 Å². The van der Waals surface area contributed by atoms with E-state index in [1.54, 1.807) is 10.9 Å². The highest BCUT2D eigenvalue weighted by Gasteiger charge is 2.34. The fourth-order valence-corrected chi connectivity index (χ4v) is 3.79. The highest BCUT2D eigenvalue weighted by molar-refractivity contribution is 5.81. The van der Waals surface area contributed by atoms with Gasteiger partial charge in [0.2, 0.25) is 11.8 Å². The minimum atomic E-state index is 0.257. The summed E-state index contributed by atoms with van der Waals surface area (Å²) in [5.74, 6) is 1.13. The van der Waals surface area contributed by atoms with Gasteiger partial charge < -0.3 is 9.64 Å². The molecular weight excluding hydrogens is 380 g/mol. The minimum absolute atomic E-state index is 0.257. The molecule has 8 heteroatoms. The Morgan fingerprint density at radius 2 is 2.07 bits per heavy atom. The van der Waals surface area contributed by atoms with E-state index < -0.39 is 0 Å². The average molecular weight is 404 g/mol. The Balaban J connectivity index is 1.29. The van der Waals surface area contributed by atoms with Crippen LogP contribution < -0.4 is 4.74 Å². The van der Waals surface area contributed by atoms with Gasteiger partial charge in [-0.05, 0) is 49.4 Å². The SMILES string of the molecule is Cc1ccc(-c2nnn(C)c2COc2cc3c(cn2)CN(C(=O)C2CC2)CC3)cn1. The Bertz CT molecular complexity index is 1090. The fourth-order valence-electron chi connectivity index (χ4n) is 3.79. The van der Waals surface area contributed by atoms with Gasteiger partial charge in [-0.3, -0.25) is 9.78 Å². The molecule has 1 aliphatic carbocycles. The summed E-state index contributed by atoms with van der Waals surface area (Å²) in [7, 11) is 1.85. The number of hydrogen-bond acceptors (Lipinski definition) is 6. The molecular formula is C22H24N6O2. The van der Waals surface area contributed by atoms with E-state index in [1.165, 1.54) is 5.56 Å². The largest absolute Gasteiger partial charge is 0.471 e. The van der Waals surface area contributed by atoms with Crippen molar-refractivity contribution in [1.82, 2.24) is 29.9 Å². The Morgan fingerprint density at radius 3 is 2.83 bits per heavy atom. The maximum Gasteiger partial charge on any atom is 0.225 e. The van der Waals surface area contributed by atoms with Gasteiger partial charge in [-0.15, -0.1) is 5.10 Å². The van der Waals surface area contributed by atoms with Crippen LogP contribution in [0, 0.1) is 12.8 Å². The molecule has 0 N–H and O–H groups in total. The standard InChI is InChI=1S/C22H24N6O2/c1-14-3-4-17(10-23-14)21-19(27(2)26-25-21)13-30-20-9-16-7-8-28(12-18(16)11-24-20)22(29)15-5-6-15/h3-4,9-11,15H,5-8,12-13H2,1-2H3. The lowest BCUT2D eigenvalue weighted by molar-refractivity contribution is -0.133. The molecule has 1 fully saturated rings. The Kier molecular flexibility index (Phi) is 4.69. The Morgan fingerprint density at radius 1 is 1.20 bits per heavy atom. The minimum Gasteiger partial charge on any atom is -0.471 e. The van der Waals surface area contributed by atoms with Gasteiger partial charge in [0, 0.05) is 55.8 Å². The molecule has 0 radical (unpaired) electrons. The van der Waals surface area contributed by atoms with E-state index >= 15 is 0 Å². The number of pyridine rings is 2. The fraction of sp³-hybridized carbons (Fsp3) is 0.409. The first-order chi connectivity index (χ1) is 14.6. The topological polar surface area (TPSA) is 86.0 Å². The van der Waals surface area contributed by atoms with E-state index in [0.29, 0.717) is 24.9 Å². The van der Waals surface area contributed by atoms with Gasteiger partial charge >= 0.3 is 0 Å². The number of carbonyl (C=O) groups is 1. The highest BCUT2D eigenvalue weighted by atomic mass is 16.5. The molecule has 0 saturated heterocycles. The second-order valence-electron chi connectivity index (χ2n) is 8.06. The number of carbonyl (C=O) groups excluding carboxylic acids is 1. The number of aryl methyl sites for hydroxylation is 2. The summed E-state index contributed by atoms with van der Waals surface area (Å²) in [5, 5.41) is 8.42. The van der Waals surface area contributed by atoms with Crippen LogP contribution in [0.2, 0.25) is 0 Å². The molecule has 5 rings (SSSR count). The van der Waals surface area contributed by atoms with E-state index in [2.05, 4.69) is 20.3 Å². The third-order valence-electron chi connectivity index (χ3n) is 5.79. The van der Waals surface area contributed by atoms with Crippen LogP contribution in [0.4, 0.5) is 0 Å². The quantitative estimate of drug-likeness (QED) is 0.649. The molecule has 8 nitrogen and oxygen atoms in total. The van der Waals surface area contributed by atoms with Crippen LogP contribution in [-0.2, 0) is 31.4 Å². The van der Waals surface area contributed by atoms with E-state index in [0.717, 1.165) is 54.0 Å². The maximum absolute atomic E-state index is 12.3. The van der Waals surface area contributed by atoms with Gasteiger partial charge in [0.15, 0.2) is 0 Å². The van der Waals surface area contributed by atoms with Crippen LogP contribution in [0.25, 0.3) is 11.3 Å². The molecule has 3 aromatic rings. The van der Waals surface area contributed by atoms with Crippen LogP contribution >= 0.6 is 0 Å². The van der Waals surface area contributed by atoms with Gasteiger partial charge in [-0.2, -0.15) is 0 Å². The van der Waals surface area contributed by atoms with Gasteiger partial charge in [0.05, 0.1) is 0 Å². The van der Waals surface area contributed by atoms with Crippen LogP contribution in [0.3, 0.4) is 0 Å². The van der Waals surface area contributed by atoms with Gasteiger partial charge in [-0.1, -0.05) is 5.21 Å². The highest BCUT2D eigenvalue weighted by Crippen LogP contribution is 2.33. The zero-order chi connectivity index (χ0) is 20.7. The van der Waals surface area contributed by atoms with Crippen molar-refractivity contribution in [2.75, 3.05) is 6.54 Å². The summed E-state index contributed by atoms with van der Waals surface area (Å²) in [5.41, 5.74) is 5.79. The number of hydrogen-bond donors (Lipinski definition) is 0. The zero-order valence-corrected chi connectivity index (χ0v) is 17.2. The third kappa shape index (κ3) is 3.65. The number of nitrogens with zero attached hydrogens (tertiary/aromatic N) is 6. The molecule has 0 aromatic carbocycles. The van der Waals surface area contributed by atoms with Crippen LogP contribution in [0.1, 0.15) is 35.4 Å². The lowest BCUT2D eigenvalue weighted by Gasteiger charge is -2.29. The van der Waals surface area contributed by atoms with Crippen LogP contribution in [-0.4, -0.2) is 42.3 Å². The summed E-state index contributed by atoms with van der Waals surface area (Å²) < 4.78 is 7.71. The molecule has 1 amide bonds. The second-order valence-corrected chi connectivity index (χ2v) is 8.06. The predicted molar refractivity (Wildman–Crippen MR) is 109 cm³/mol. The molecule has 0 atom stereocenters. The van der Waals surface area contributed by atoms with Crippen LogP contribution in [0.15, 0.2) is 30.6 Å². The Labute approximate surface area is 174 Å². The van der Waals surface area contributed by atoms with Gasteiger partial charge in [-0.25, -0.2) is 9.67 Å². The monoisotopic (exact) mass is 404 g/mol. The first-order valence-corrected chi connectivity index (χ1v) is 10.3. The van der Waals surface area contributed by atoms with E-state index in [1.807, 2.05) is 43.3 Å². The number of rotatable bonds is 5. The molecule has 3 aromatic heterocycles. The number of amides is 1. The number of aromatic nitrogens is 5. The molecule has 2 aliphatic rings. The van der Waals surface area contributed by atoms with Gasteiger partial charge in [0.1, 0.15) is 18.0 Å². The summed E-state index contributed by atoms with van der Waals surface area (Å²) >= 11 is 0. The molecule has 1 saturated carbocycles. The molecule has 0 bridgehead atoms. The van der Waals surface area contributed by atoms with Crippen molar-refractivity contribution < 1.29 is 9.53 Å². The average Bonchev–Trinajstić information content (AvgIpc) is 3.55. The molecule has 0 unspecified atom stereocenters. The molecule has 30 heavy (non-hydrogen) atoms. The van der Waals surface area contributed by atoms with Crippen molar-refractivity contribution in [1.29, 1.82) is 0 Å². The van der Waals surface area contributed by atoms with E-state index in [4.69, 9.17) is 4.74 Å². The molecule has 0 spiro atoms. The van der Waals surface area contributed by atoms with E-state index in [9.17, 15) is 4.79 Å². The van der Waals surface area contributed by atoms with Crippen molar-refractivity contribution in [3.8, 4) is 17.1 Å². The van der Waals surface area contributed by atoms with E-state index in [-0.39, 0.29) is 5.92 Å². The summed E-state index contributed by atoms with van der Waals surface area (Å²) in [4.78, 5) is 23.1. The van der Waals surface area contributed by atoms with Crippen molar-refractivity contribution in [2.24, 2.45) is 13.0 Å². The lowest BCUT2D eigenvalue weighted by atomic mass is 10.0. The molecule has 154 valence electrons. The summed E-state index contributed by atoms with van der Waals surface area (Å²) in [6.45, 7) is 3.67. The Hall–Kier alpha value is -3.29. The van der Waals surface area contributed by atoms with Gasteiger partial charge in [0.25, 0.3) is 0 Å². The summed E-state index contributed by atoms with van der Waals surface area (Å²) in [6.07, 6.45) is 6.55. The van der Waals surface area contributed by atoms with Crippen molar-refractivity contribution in [3.05, 3.63) is 53.1 Å². The molecule has 1 aliphatic heterocycles. The first-order valence-electron chi connectivity index (χ1n) is 10.3. The van der Waals surface area contributed by atoms with Crippen LogP contribution in [0.5, 0.6) is 5.88 Å². The summed E-state index contributed by atoms with van der Waals surface area (Å²) in [6, 6.07) is 5.93. The maximum atomic E-state index is 12.3. The third-order valence-corrected chi connectivity index (χ3v) is 5.79. The second kappa shape index (κ2) is 7.51. The normalized spacial score (nSPS) is 15.7. The first kappa shape index (κ1) is 18.7. The van der Waals surface area contributed by atoms with Crippen molar-refractivity contribution in [2.45, 2.75) is 39.3 Å². The number of ether oxygens (including phenoxy) is 1. The number of fused-ring (bicyclic) bond motifs is 1. The smallest absolute Gasteiger partial charge is 0.225 e.